The van der Waals surface area contributed by atoms with E-state index in [4.69, 9.17) is 4.74 Å². The van der Waals surface area contributed by atoms with Crippen LogP contribution in [0.3, 0.4) is 0 Å². The van der Waals surface area contributed by atoms with Crippen LogP contribution in [0, 0.1) is 0 Å². The lowest BCUT2D eigenvalue weighted by molar-refractivity contribution is -0.124. The molecule has 21 heavy (non-hydrogen) atoms. The van der Waals surface area contributed by atoms with Crippen LogP contribution < -0.4 is 0 Å². The highest BCUT2D eigenvalue weighted by molar-refractivity contribution is 5.48. The van der Waals surface area contributed by atoms with Crippen molar-refractivity contribution in [2.75, 3.05) is 0 Å². The van der Waals surface area contributed by atoms with Crippen molar-refractivity contribution in [1.82, 2.24) is 4.90 Å². The molecular formula is C18H25NO2. The topological polar surface area (TPSA) is 29.5 Å². The summed E-state index contributed by atoms with van der Waals surface area (Å²) in [6, 6.07) is 0.395. The third-order valence-corrected chi connectivity index (χ3v) is 4.05. The van der Waals surface area contributed by atoms with Gasteiger partial charge in [-0.3, -0.25) is 4.79 Å². The fourth-order valence-corrected chi connectivity index (χ4v) is 2.94. The summed E-state index contributed by atoms with van der Waals surface area (Å²) in [7, 11) is 0. The van der Waals surface area contributed by atoms with Crippen LogP contribution in [0.25, 0.3) is 0 Å². The molecule has 2 rings (SSSR count). The Bertz CT molecular complexity index is 485. The number of hydrogen-bond donors (Lipinski definition) is 0. The maximum Gasteiger partial charge on any atom is 0.298 e. The largest absolute Gasteiger partial charge is 0.427 e. The molecule has 0 saturated carbocycles. The van der Waals surface area contributed by atoms with Gasteiger partial charge in [0.25, 0.3) is 6.47 Å². The first-order valence-electron chi connectivity index (χ1n) is 8.00. The van der Waals surface area contributed by atoms with Gasteiger partial charge in [-0.2, -0.15) is 0 Å². The summed E-state index contributed by atoms with van der Waals surface area (Å²) in [5, 5.41) is 0. The van der Waals surface area contributed by atoms with E-state index in [1.54, 1.807) is 0 Å². The molecule has 2 aliphatic rings. The molecule has 0 spiro atoms. The van der Waals surface area contributed by atoms with Gasteiger partial charge in [0, 0.05) is 6.20 Å². The number of unbranched alkanes of at least 4 members (excludes halogenated alkanes) is 2. The van der Waals surface area contributed by atoms with Gasteiger partial charge >= 0.3 is 0 Å². The van der Waals surface area contributed by atoms with Crippen LogP contribution in [0.4, 0.5) is 0 Å². The van der Waals surface area contributed by atoms with E-state index in [0.29, 0.717) is 18.3 Å². The lowest BCUT2D eigenvalue weighted by Crippen LogP contribution is -2.36. The van der Waals surface area contributed by atoms with Crippen LogP contribution >= 0.6 is 0 Å². The highest BCUT2D eigenvalue weighted by atomic mass is 16.5. The second kappa shape index (κ2) is 7.87. The molecule has 0 fully saturated rings. The number of rotatable bonds is 8. The Balaban J connectivity index is 2.31. The van der Waals surface area contributed by atoms with Crippen molar-refractivity contribution >= 4 is 6.47 Å². The first-order valence-corrected chi connectivity index (χ1v) is 8.00. The minimum Gasteiger partial charge on any atom is -0.427 e. The number of hydrogen-bond acceptors (Lipinski definition) is 3. The zero-order valence-electron chi connectivity index (χ0n) is 13.0. The zero-order valence-corrected chi connectivity index (χ0v) is 13.0. The summed E-state index contributed by atoms with van der Waals surface area (Å²) >= 11 is 0. The number of fused-ring (bicyclic) bond motifs is 1. The Labute approximate surface area is 127 Å². The van der Waals surface area contributed by atoms with Crippen molar-refractivity contribution in [3.8, 4) is 0 Å². The monoisotopic (exact) mass is 287 g/mol. The molecule has 1 atom stereocenters. The molecule has 0 aliphatic carbocycles. The molecule has 0 aromatic rings. The predicted octanol–water partition coefficient (Wildman–Crippen LogP) is 4.45. The van der Waals surface area contributed by atoms with Gasteiger partial charge in [0.1, 0.15) is 0 Å². The molecule has 3 nitrogen and oxygen atoms in total. The molecule has 0 radical (unpaired) electrons. The second-order valence-corrected chi connectivity index (χ2v) is 5.55. The summed E-state index contributed by atoms with van der Waals surface area (Å²) in [6.45, 7) is 4.95. The summed E-state index contributed by atoms with van der Waals surface area (Å²) in [4.78, 5) is 13.0. The molecule has 114 valence electrons. The Morgan fingerprint density at radius 3 is 2.76 bits per heavy atom. The van der Waals surface area contributed by atoms with Crippen molar-refractivity contribution < 1.29 is 9.53 Å². The molecule has 0 N–H and O–H groups in total. The van der Waals surface area contributed by atoms with Gasteiger partial charge in [-0.15, -0.1) is 0 Å². The van der Waals surface area contributed by atoms with Crippen LogP contribution in [-0.4, -0.2) is 17.4 Å². The van der Waals surface area contributed by atoms with E-state index in [1.165, 1.54) is 31.3 Å². The highest BCUT2D eigenvalue weighted by Crippen LogP contribution is 2.34. The fourth-order valence-electron chi connectivity index (χ4n) is 2.94. The fraction of sp³-hybridized carbons (Fsp3) is 0.500. The van der Waals surface area contributed by atoms with Crippen molar-refractivity contribution in [2.24, 2.45) is 0 Å². The molecule has 3 heteroatoms. The van der Waals surface area contributed by atoms with Gasteiger partial charge < -0.3 is 9.64 Å². The standard InChI is InChI=1S/C18H25NO2/c1-3-5-9-15-13-18(21-14-20)17-11-7-8-12-19(17)16(15)10-6-4-2/h7-8,11-14,16H,3-6,9-10H2,1-2H3. The minimum atomic E-state index is 0.395. The number of carbonyl (C=O) groups excluding carboxylic acids is 1. The number of carbonyl (C=O) groups is 1. The lowest BCUT2D eigenvalue weighted by Gasteiger charge is -2.38. The lowest BCUT2D eigenvalue weighted by atomic mass is 9.90. The normalized spacial score (nSPS) is 20.4. The smallest absolute Gasteiger partial charge is 0.298 e. The molecule has 0 aromatic heterocycles. The van der Waals surface area contributed by atoms with Gasteiger partial charge in [0.05, 0.1) is 11.7 Å². The van der Waals surface area contributed by atoms with Gasteiger partial charge in [-0.05, 0) is 43.1 Å². The summed E-state index contributed by atoms with van der Waals surface area (Å²) in [5.74, 6) is 0.671. The average Bonchev–Trinajstić information content (AvgIpc) is 2.52. The SMILES string of the molecule is CCCCC1=CC(OC=O)=C2C=CC=CN2C1CCCC. The summed E-state index contributed by atoms with van der Waals surface area (Å²) < 4.78 is 5.21. The third-order valence-electron chi connectivity index (χ3n) is 4.05. The average molecular weight is 287 g/mol. The van der Waals surface area contributed by atoms with Crippen molar-refractivity contribution in [3.05, 3.63) is 47.5 Å². The molecule has 2 heterocycles. The molecule has 0 bridgehead atoms. The van der Waals surface area contributed by atoms with E-state index >= 15 is 0 Å². The van der Waals surface area contributed by atoms with E-state index in [1.807, 2.05) is 18.2 Å². The quantitative estimate of drug-likeness (QED) is 0.618. The van der Waals surface area contributed by atoms with Crippen LogP contribution in [-0.2, 0) is 9.53 Å². The Morgan fingerprint density at radius 1 is 1.24 bits per heavy atom. The summed E-state index contributed by atoms with van der Waals surface area (Å²) in [6.07, 6.45) is 17.2. The Kier molecular flexibility index (Phi) is 5.85. The van der Waals surface area contributed by atoms with Crippen molar-refractivity contribution in [3.63, 3.8) is 0 Å². The van der Waals surface area contributed by atoms with Crippen molar-refractivity contribution in [1.29, 1.82) is 0 Å². The molecule has 0 amide bonds. The maximum absolute atomic E-state index is 10.8. The van der Waals surface area contributed by atoms with Crippen LogP contribution in [0.5, 0.6) is 0 Å². The van der Waals surface area contributed by atoms with Crippen LogP contribution in [0.15, 0.2) is 47.5 Å². The van der Waals surface area contributed by atoms with Gasteiger partial charge in [0.15, 0.2) is 5.76 Å². The Morgan fingerprint density at radius 2 is 2.05 bits per heavy atom. The maximum atomic E-state index is 10.8. The number of ether oxygens (including phenoxy) is 1. The molecule has 0 aromatic carbocycles. The van der Waals surface area contributed by atoms with Crippen LogP contribution in [0.1, 0.15) is 52.4 Å². The van der Waals surface area contributed by atoms with E-state index in [-0.39, 0.29) is 0 Å². The highest BCUT2D eigenvalue weighted by Gasteiger charge is 2.29. The van der Waals surface area contributed by atoms with Crippen LogP contribution in [0.2, 0.25) is 0 Å². The van der Waals surface area contributed by atoms with Gasteiger partial charge in [-0.1, -0.05) is 39.2 Å². The zero-order chi connectivity index (χ0) is 15.1. The second-order valence-electron chi connectivity index (χ2n) is 5.55. The van der Waals surface area contributed by atoms with E-state index < -0.39 is 0 Å². The first-order chi connectivity index (χ1) is 10.3. The summed E-state index contributed by atoms with van der Waals surface area (Å²) in [5.41, 5.74) is 2.37. The van der Waals surface area contributed by atoms with E-state index in [0.717, 1.165) is 18.5 Å². The molecule has 2 aliphatic heterocycles. The van der Waals surface area contributed by atoms with Crippen molar-refractivity contribution in [2.45, 2.75) is 58.4 Å². The van der Waals surface area contributed by atoms with Gasteiger partial charge in [-0.25, -0.2) is 0 Å². The van der Waals surface area contributed by atoms with E-state index in [9.17, 15) is 4.79 Å². The number of nitrogens with zero attached hydrogens (tertiary/aromatic N) is 1. The Hall–Kier alpha value is -1.77. The molecule has 0 saturated heterocycles. The predicted molar refractivity (Wildman–Crippen MR) is 85.2 cm³/mol. The first kappa shape index (κ1) is 15.6. The van der Waals surface area contributed by atoms with Gasteiger partial charge in [0.2, 0.25) is 0 Å². The third kappa shape index (κ3) is 3.66. The minimum absolute atomic E-state index is 0.395. The molecule has 1 unspecified atom stereocenters. The number of allylic oxidation sites excluding steroid dienone is 4. The van der Waals surface area contributed by atoms with E-state index in [2.05, 4.69) is 31.0 Å². The molecular weight excluding hydrogens is 262 g/mol.